The average Bonchev–Trinajstić information content (AvgIpc) is 2.30. The van der Waals surface area contributed by atoms with Crippen molar-refractivity contribution in [1.29, 1.82) is 0 Å². The lowest BCUT2D eigenvalue weighted by Crippen LogP contribution is -2.54. The SMILES string of the molecule is CC1CCN(C(O)N2CCOCC2)CC1. The smallest absolute Gasteiger partial charge is 0.165 e. The van der Waals surface area contributed by atoms with E-state index in [-0.39, 0.29) is 6.35 Å². The summed E-state index contributed by atoms with van der Waals surface area (Å²) < 4.78 is 5.28. The third kappa shape index (κ3) is 2.91. The van der Waals surface area contributed by atoms with E-state index >= 15 is 0 Å². The molecule has 2 aliphatic rings. The zero-order valence-electron chi connectivity index (χ0n) is 9.56. The summed E-state index contributed by atoms with van der Waals surface area (Å²) in [6.45, 7) is 7.56. The Morgan fingerprint density at radius 2 is 1.60 bits per heavy atom. The first-order valence-electron chi connectivity index (χ1n) is 6.01. The van der Waals surface area contributed by atoms with Crippen LogP contribution in [0.2, 0.25) is 0 Å². The molecule has 1 unspecified atom stereocenters. The Hall–Kier alpha value is -0.160. The van der Waals surface area contributed by atoms with Gasteiger partial charge in [-0.1, -0.05) is 6.92 Å². The van der Waals surface area contributed by atoms with Crippen molar-refractivity contribution in [3.8, 4) is 0 Å². The molecule has 2 aliphatic heterocycles. The first kappa shape index (κ1) is 11.3. The number of rotatable bonds is 2. The second kappa shape index (κ2) is 5.25. The van der Waals surface area contributed by atoms with Gasteiger partial charge in [-0.2, -0.15) is 0 Å². The molecule has 0 bridgehead atoms. The maximum Gasteiger partial charge on any atom is 0.165 e. The molecule has 4 nitrogen and oxygen atoms in total. The van der Waals surface area contributed by atoms with Gasteiger partial charge in [0.25, 0.3) is 0 Å². The van der Waals surface area contributed by atoms with Crippen molar-refractivity contribution in [2.75, 3.05) is 39.4 Å². The zero-order chi connectivity index (χ0) is 10.7. The fourth-order valence-electron chi connectivity index (χ4n) is 2.30. The number of aliphatic hydroxyl groups is 1. The van der Waals surface area contributed by atoms with Crippen molar-refractivity contribution in [3.05, 3.63) is 0 Å². The second-order valence-electron chi connectivity index (χ2n) is 4.71. The van der Waals surface area contributed by atoms with Gasteiger partial charge < -0.3 is 9.84 Å². The largest absolute Gasteiger partial charge is 0.379 e. The third-order valence-electron chi connectivity index (χ3n) is 3.52. The van der Waals surface area contributed by atoms with Crippen LogP contribution in [0.5, 0.6) is 0 Å². The molecule has 1 N–H and O–H groups in total. The number of morpholine rings is 1. The molecule has 0 aliphatic carbocycles. The van der Waals surface area contributed by atoms with Gasteiger partial charge in [0.05, 0.1) is 13.2 Å². The Labute approximate surface area is 91.8 Å². The van der Waals surface area contributed by atoms with Gasteiger partial charge in [0.15, 0.2) is 6.35 Å². The molecular formula is C11H22N2O2. The minimum atomic E-state index is -0.388. The van der Waals surface area contributed by atoms with E-state index in [4.69, 9.17) is 4.74 Å². The van der Waals surface area contributed by atoms with E-state index in [1.807, 2.05) is 0 Å². The van der Waals surface area contributed by atoms with Gasteiger partial charge in [-0.05, 0) is 18.8 Å². The Bertz CT molecular complexity index is 187. The van der Waals surface area contributed by atoms with Crippen LogP contribution < -0.4 is 0 Å². The Morgan fingerprint density at radius 3 is 2.20 bits per heavy atom. The molecule has 88 valence electrons. The van der Waals surface area contributed by atoms with Crippen LogP contribution in [-0.4, -0.2) is 60.7 Å². The maximum atomic E-state index is 10.2. The predicted octanol–water partition coefficient (Wildman–Crippen LogP) is 0.326. The highest BCUT2D eigenvalue weighted by molar-refractivity contribution is 4.73. The summed E-state index contributed by atoms with van der Waals surface area (Å²) in [7, 11) is 0. The molecule has 0 aromatic rings. The first-order chi connectivity index (χ1) is 7.27. The van der Waals surface area contributed by atoms with Crippen molar-refractivity contribution in [2.45, 2.75) is 26.1 Å². The van der Waals surface area contributed by atoms with Gasteiger partial charge in [-0.15, -0.1) is 0 Å². The molecule has 1 atom stereocenters. The van der Waals surface area contributed by atoms with E-state index in [1.54, 1.807) is 0 Å². The van der Waals surface area contributed by atoms with Crippen LogP contribution in [0, 0.1) is 5.92 Å². The highest BCUT2D eigenvalue weighted by Crippen LogP contribution is 2.18. The molecular weight excluding hydrogens is 192 g/mol. The lowest BCUT2D eigenvalue weighted by atomic mass is 9.99. The van der Waals surface area contributed by atoms with Crippen LogP contribution in [0.25, 0.3) is 0 Å². The summed E-state index contributed by atoms with van der Waals surface area (Å²) in [5, 5.41) is 10.2. The number of aliphatic hydroxyl groups excluding tert-OH is 1. The summed E-state index contributed by atoms with van der Waals surface area (Å²) in [6.07, 6.45) is 2.03. The Morgan fingerprint density at radius 1 is 1.07 bits per heavy atom. The monoisotopic (exact) mass is 214 g/mol. The fourth-order valence-corrected chi connectivity index (χ4v) is 2.30. The van der Waals surface area contributed by atoms with Crippen molar-refractivity contribution < 1.29 is 9.84 Å². The van der Waals surface area contributed by atoms with Crippen LogP contribution in [0.3, 0.4) is 0 Å². The predicted molar refractivity (Wildman–Crippen MR) is 58.4 cm³/mol. The number of hydrogen-bond donors (Lipinski definition) is 1. The Kier molecular flexibility index (Phi) is 3.97. The van der Waals surface area contributed by atoms with E-state index in [1.165, 1.54) is 12.8 Å². The van der Waals surface area contributed by atoms with Gasteiger partial charge in [0.1, 0.15) is 0 Å². The molecule has 2 rings (SSSR count). The quantitative estimate of drug-likeness (QED) is 0.718. The number of piperidine rings is 1. The number of nitrogens with zero attached hydrogens (tertiary/aromatic N) is 2. The van der Waals surface area contributed by atoms with Crippen LogP contribution in [-0.2, 0) is 4.74 Å². The molecule has 2 heterocycles. The van der Waals surface area contributed by atoms with Gasteiger partial charge >= 0.3 is 0 Å². The van der Waals surface area contributed by atoms with Crippen molar-refractivity contribution >= 4 is 0 Å². The topological polar surface area (TPSA) is 35.9 Å². The summed E-state index contributed by atoms with van der Waals surface area (Å²) in [6, 6.07) is 0. The number of ether oxygens (including phenoxy) is 1. The highest BCUT2D eigenvalue weighted by Gasteiger charge is 2.27. The second-order valence-corrected chi connectivity index (χ2v) is 4.71. The Balaban J connectivity index is 1.81. The summed E-state index contributed by atoms with van der Waals surface area (Å²) in [5.74, 6) is 0.818. The van der Waals surface area contributed by atoms with Crippen molar-refractivity contribution in [2.24, 2.45) is 5.92 Å². The standard InChI is InChI=1S/C11H22N2O2/c1-10-2-4-12(5-3-10)11(14)13-6-8-15-9-7-13/h10-11,14H,2-9H2,1H3. The molecule has 2 fully saturated rings. The molecule has 0 aromatic carbocycles. The minimum Gasteiger partial charge on any atom is -0.379 e. The van der Waals surface area contributed by atoms with Crippen molar-refractivity contribution in [1.82, 2.24) is 9.80 Å². The molecule has 15 heavy (non-hydrogen) atoms. The van der Waals surface area contributed by atoms with Gasteiger partial charge in [0, 0.05) is 26.2 Å². The fraction of sp³-hybridized carbons (Fsp3) is 1.00. The molecule has 0 spiro atoms. The van der Waals surface area contributed by atoms with Gasteiger partial charge in [0.2, 0.25) is 0 Å². The van der Waals surface area contributed by atoms with Crippen LogP contribution >= 0.6 is 0 Å². The maximum absolute atomic E-state index is 10.2. The first-order valence-corrected chi connectivity index (χ1v) is 6.01. The molecule has 0 aromatic heterocycles. The van der Waals surface area contributed by atoms with Crippen LogP contribution in [0.1, 0.15) is 19.8 Å². The van der Waals surface area contributed by atoms with Gasteiger partial charge in [-0.25, -0.2) is 0 Å². The molecule has 0 saturated carbocycles. The van der Waals surface area contributed by atoms with E-state index in [0.717, 1.165) is 45.3 Å². The lowest BCUT2D eigenvalue weighted by Gasteiger charge is -2.40. The highest BCUT2D eigenvalue weighted by atomic mass is 16.5. The van der Waals surface area contributed by atoms with Crippen LogP contribution in [0.15, 0.2) is 0 Å². The zero-order valence-corrected chi connectivity index (χ0v) is 9.56. The van der Waals surface area contributed by atoms with Crippen LogP contribution in [0.4, 0.5) is 0 Å². The minimum absolute atomic E-state index is 0.388. The summed E-state index contributed by atoms with van der Waals surface area (Å²) >= 11 is 0. The van der Waals surface area contributed by atoms with Crippen molar-refractivity contribution in [3.63, 3.8) is 0 Å². The molecule has 0 radical (unpaired) electrons. The van der Waals surface area contributed by atoms with E-state index in [9.17, 15) is 5.11 Å². The van der Waals surface area contributed by atoms with E-state index in [0.29, 0.717) is 0 Å². The van der Waals surface area contributed by atoms with Gasteiger partial charge in [-0.3, -0.25) is 9.80 Å². The van der Waals surface area contributed by atoms with E-state index < -0.39 is 0 Å². The third-order valence-corrected chi connectivity index (χ3v) is 3.52. The number of hydrogen-bond acceptors (Lipinski definition) is 4. The lowest BCUT2D eigenvalue weighted by molar-refractivity contribution is -0.146. The molecule has 2 saturated heterocycles. The molecule has 4 heteroatoms. The average molecular weight is 214 g/mol. The number of likely N-dealkylation sites (tertiary alicyclic amines) is 1. The normalized spacial score (nSPS) is 29.2. The summed E-state index contributed by atoms with van der Waals surface area (Å²) in [4.78, 5) is 4.30. The summed E-state index contributed by atoms with van der Waals surface area (Å²) in [5.41, 5.74) is 0. The molecule has 0 amide bonds. The van der Waals surface area contributed by atoms with E-state index in [2.05, 4.69) is 16.7 Å².